The van der Waals surface area contributed by atoms with Crippen molar-refractivity contribution < 1.29 is 13.5 Å². The van der Waals surface area contributed by atoms with Crippen LogP contribution in [0.1, 0.15) is 55.7 Å². The number of halogens is 2. The Morgan fingerprint density at radius 3 is 2.59 bits per heavy atom. The standard InChI is InChI=1S/C19H18F2N4O.C6H8N2/c20-12-3-4-13(14(21)10-12)16-17-19(22-15-2-1-7-25(15)17)24-18(23-16)11-5-8-26-9-6-11;1-4-7-8(5-1)6-2-3-6/h3-4,10-11H,1-2,5-9H2;1,4-6H,2-3H2. The van der Waals surface area contributed by atoms with Gasteiger partial charge in [0, 0.05) is 56.1 Å². The Morgan fingerprint density at radius 2 is 1.85 bits per heavy atom. The van der Waals surface area contributed by atoms with Gasteiger partial charge in [0.2, 0.25) is 0 Å². The number of rotatable bonds is 3. The van der Waals surface area contributed by atoms with E-state index in [9.17, 15) is 8.78 Å². The van der Waals surface area contributed by atoms with E-state index in [0.29, 0.717) is 35.9 Å². The first kappa shape index (κ1) is 21.3. The number of ether oxygens (including phenoxy) is 1. The summed E-state index contributed by atoms with van der Waals surface area (Å²) in [6, 6.07) is 6.33. The molecule has 0 N–H and O–H groups in total. The molecule has 1 aliphatic carbocycles. The second-order valence-electron chi connectivity index (χ2n) is 9.11. The third kappa shape index (κ3) is 4.09. The van der Waals surface area contributed by atoms with Crippen LogP contribution in [0.3, 0.4) is 0 Å². The van der Waals surface area contributed by atoms with Gasteiger partial charge in [-0.1, -0.05) is 0 Å². The predicted octanol–water partition coefficient (Wildman–Crippen LogP) is 4.83. The lowest BCUT2D eigenvalue weighted by Crippen LogP contribution is -2.17. The minimum Gasteiger partial charge on any atom is -0.381 e. The SMILES string of the molecule is Fc1ccc(-c2nc(C3CCOCC3)nc3nc4n(c23)CCC4)c(F)c1.c1cnn(C2CC2)c1. The number of aromatic nitrogens is 6. The van der Waals surface area contributed by atoms with Gasteiger partial charge in [-0.05, 0) is 50.3 Å². The van der Waals surface area contributed by atoms with Gasteiger partial charge in [0.05, 0.1) is 6.04 Å². The van der Waals surface area contributed by atoms with Gasteiger partial charge in [0.1, 0.15) is 34.5 Å². The summed E-state index contributed by atoms with van der Waals surface area (Å²) in [7, 11) is 0. The van der Waals surface area contributed by atoms with Crippen LogP contribution in [0.2, 0.25) is 0 Å². The maximum Gasteiger partial charge on any atom is 0.181 e. The zero-order valence-corrected chi connectivity index (χ0v) is 18.8. The Morgan fingerprint density at radius 1 is 1.00 bits per heavy atom. The van der Waals surface area contributed by atoms with E-state index >= 15 is 0 Å². The molecule has 9 heteroatoms. The molecule has 2 fully saturated rings. The Labute approximate surface area is 195 Å². The molecule has 0 amide bonds. The number of benzene rings is 1. The average Bonchev–Trinajstić information content (AvgIpc) is 3.21. The molecule has 5 heterocycles. The maximum absolute atomic E-state index is 14.5. The molecule has 176 valence electrons. The van der Waals surface area contributed by atoms with Crippen molar-refractivity contribution in [3.05, 3.63) is 59.9 Å². The van der Waals surface area contributed by atoms with Crippen LogP contribution in [0.4, 0.5) is 8.78 Å². The fourth-order valence-electron chi connectivity index (χ4n) is 4.77. The molecule has 0 bridgehead atoms. The van der Waals surface area contributed by atoms with Crippen molar-refractivity contribution in [1.29, 1.82) is 0 Å². The van der Waals surface area contributed by atoms with Crippen molar-refractivity contribution in [3.8, 4) is 11.3 Å². The van der Waals surface area contributed by atoms with Crippen LogP contribution >= 0.6 is 0 Å². The lowest BCUT2D eigenvalue weighted by atomic mass is 9.99. The number of aryl methyl sites for hydroxylation is 2. The average molecular weight is 465 g/mol. The molecule has 1 saturated heterocycles. The van der Waals surface area contributed by atoms with Gasteiger partial charge < -0.3 is 9.30 Å². The van der Waals surface area contributed by atoms with Crippen LogP contribution in [0, 0.1) is 11.6 Å². The lowest BCUT2D eigenvalue weighted by Gasteiger charge is -2.21. The molecule has 3 aliphatic rings. The van der Waals surface area contributed by atoms with Crippen LogP contribution in [0.25, 0.3) is 22.4 Å². The highest BCUT2D eigenvalue weighted by Crippen LogP contribution is 2.35. The Kier molecular flexibility index (Phi) is 5.57. The highest BCUT2D eigenvalue weighted by Gasteiger charge is 2.27. The summed E-state index contributed by atoms with van der Waals surface area (Å²) >= 11 is 0. The number of fused-ring (bicyclic) bond motifs is 3. The Balaban J connectivity index is 0.000000228. The highest BCUT2D eigenvalue weighted by atomic mass is 19.1. The van der Waals surface area contributed by atoms with Gasteiger partial charge in [-0.15, -0.1) is 0 Å². The third-order valence-corrected chi connectivity index (χ3v) is 6.70. The summed E-state index contributed by atoms with van der Waals surface area (Å²) in [5.41, 5.74) is 2.16. The summed E-state index contributed by atoms with van der Waals surface area (Å²) in [6.45, 7) is 2.17. The second-order valence-corrected chi connectivity index (χ2v) is 9.11. The quantitative estimate of drug-likeness (QED) is 0.434. The Bertz CT molecular complexity index is 1310. The van der Waals surface area contributed by atoms with Crippen molar-refractivity contribution in [3.63, 3.8) is 0 Å². The largest absolute Gasteiger partial charge is 0.381 e. The third-order valence-electron chi connectivity index (χ3n) is 6.70. The molecular formula is C25H26F2N6O. The molecular weight excluding hydrogens is 438 g/mol. The van der Waals surface area contributed by atoms with E-state index in [1.165, 1.54) is 25.0 Å². The monoisotopic (exact) mass is 464 g/mol. The van der Waals surface area contributed by atoms with Crippen molar-refractivity contribution in [1.82, 2.24) is 29.3 Å². The van der Waals surface area contributed by atoms with Gasteiger partial charge in [-0.25, -0.2) is 23.7 Å². The summed E-state index contributed by atoms with van der Waals surface area (Å²) in [5, 5.41) is 4.09. The van der Waals surface area contributed by atoms with Crippen LogP contribution < -0.4 is 0 Å². The molecule has 7 rings (SSSR count). The zero-order valence-electron chi connectivity index (χ0n) is 18.8. The maximum atomic E-state index is 14.5. The first-order chi connectivity index (χ1) is 16.7. The van der Waals surface area contributed by atoms with Crippen molar-refractivity contribution in [2.24, 2.45) is 0 Å². The van der Waals surface area contributed by atoms with Crippen LogP contribution in [0.15, 0.2) is 36.7 Å². The van der Waals surface area contributed by atoms with Gasteiger partial charge in [-0.3, -0.25) is 4.68 Å². The summed E-state index contributed by atoms with van der Waals surface area (Å²) in [5.74, 6) is 0.599. The van der Waals surface area contributed by atoms with Crippen LogP contribution in [0.5, 0.6) is 0 Å². The van der Waals surface area contributed by atoms with Gasteiger partial charge >= 0.3 is 0 Å². The predicted molar refractivity (Wildman–Crippen MR) is 122 cm³/mol. The normalized spacial score (nSPS) is 18.1. The topological polar surface area (TPSA) is 70.7 Å². The molecule has 2 aliphatic heterocycles. The Hall–Kier alpha value is -3.20. The molecule has 0 spiro atoms. The van der Waals surface area contributed by atoms with Gasteiger partial charge in [0.25, 0.3) is 0 Å². The summed E-state index contributed by atoms with van der Waals surface area (Å²) < 4.78 is 37.5. The van der Waals surface area contributed by atoms with E-state index in [1.807, 2.05) is 23.1 Å². The number of imidazole rings is 1. The summed E-state index contributed by atoms with van der Waals surface area (Å²) in [6.07, 6.45) is 10.1. The van der Waals surface area contributed by atoms with E-state index in [4.69, 9.17) is 14.7 Å². The molecule has 0 atom stereocenters. The highest BCUT2D eigenvalue weighted by molar-refractivity contribution is 5.88. The van der Waals surface area contributed by atoms with E-state index < -0.39 is 11.6 Å². The van der Waals surface area contributed by atoms with Crippen molar-refractivity contribution in [2.45, 2.75) is 57.0 Å². The van der Waals surface area contributed by atoms with Gasteiger partial charge in [0.15, 0.2) is 5.65 Å². The second kappa shape index (κ2) is 8.87. The first-order valence-electron chi connectivity index (χ1n) is 12.0. The van der Waals surface area contributed by atoms with E-state index in [-0.39, 0.29) is 5.92 Å². The van der Waals surface area contributed by atoms with E-state index in [0.717, 1.165) is 55.7 Å². The minimum atomic E-state index is -0.614. The van der Waals surface area contributed by atoms with Crippen molar-refractivity contribution >= 4 is 11.2 Å². The molecule has 3 aromatic heterocycles. The molecule has 1 aromatic carbocycles. The van der Waals surface area contributed by atoms with E-state index in [1.54, 1.807) is 0 Å². The fourth-order valence-corrected chi connectivity index (χ4v) is 4.77. The van der Waals surface area contributed by atoms with Gasteiger partial charge in [-0.2, -0.15) is 5.10 Å². The van der Waals surface area contributed by atoms with E-state index in [2.05, 4.69) is 14.6 Å². The fraction of sp³-hybridized carbons (Fsp3) is 0.440. The molecule has 0 unspecified atom stereocenters. The smallest absolute Gasteiger partial charge is 0.181 e. The molecule has 7 nitrogen and oxygen atoms in total. The zero-order chi connectivity index (χ0) is 23.1. The van der Waals surface area contributed by atoms with Crippen molar-refractivity contribution in [2.75, 3.05) is 13.2 Å². The summed E-state index contributed by atoms with van der Waals surface area (Å²) in [4.78, 5) is 14.1. The lowest BCUT2D eigenvalue weighted by molar-refractivity contribution is 0.0836. The minimum absolute atomic E-state index is 0.173. The number of hydrogen-bond acceptors (Lipinski definition) is 5. The van der Waals surface area contributed by atoms with Crippen LogP contribution in [-0.4, -0.2) is 42.5 Å². The molecule has 4 aromatic rings. The molecule has 0 radical (unpaired) electrons. The number of hydrogen-bond donors (Lipinski definition) is 0. The van der Waals surface area contributed by atoms with Crippen LogP contribution in [-0.2, 0) is 17.7 Å². The molecule has 34 heavy (non-hydrogen) atoms. The first-order valence-corrected chi connectivity index (χ1v) is 12.0. The molecule has 1 saturated carbocycles. The number of nitrogens with zero attached hydrogens (tertiary/aromatic N) is 6.